The maximum atomic E-state index is 12.3. The number of rotatable bonds is 6. The van der Waals surface area contributed by atoms with Gasteiger partial charge in [0.1, 0.15) is 12.4 Å². The van der Waals surface area contributed by atoms with E-state index < -0.39 is 0 Å². The molecule has 0 bridgehead atoms. The molecule has 130 valence electrons. The zero-order chi connectivity index (χ0) is 17.9. The van der Waals surface area contributed by atoms with Crippen molar-refractivity contribution in [2.45, 2.75) is 6.54 Å². The molecule has 0 saturated carbocycles. The minimum atomic E-state index is -0.260. The first-order valence-corrected chi connectivity index (χ1v) is 8.37. The Kier molecular flexibility index (Phi) is 4.23. The molecule has 0 aliphatic carbocycles. The number of nitrogens with zero attached hydrogens (tertiary/aromatic N) is 3. The van der Waals surface area contributed by atoms with E-state index in [9.17, 15) is 9.59 Å². The summed E-state index contributed by atoms with van der Waals surface area (Å²) in [5.74, 6) is 0.179. The van der Waals surface area contributed by atoms with Gasteiger partial charge in [0.25, 0.3) is 11.8 Å². The van der Waals surface area contributed by atoms with Crippen LogP contribution in [-0.4, -0.2) is 39.6 Å². The molecule has 26 heavy (non-hydrogen) atoms. The van der Waals surface area contributed by atoms with Crippen LogP contribution in [0.25, 0.3) is 0 Å². The molecule has 0 spiro atoms. The lowest BCUT2D eigenvalue weighted by Gasteiger charge is -2.14. The minimum absolute atomic E-state index is 0.224. The van der Waals surface area contributed by atoms with Gasteiger partial charge >= 0.3 is 0 Å². The first-order chi connectivity index (χ1) is 12.7. The number of carbonyl (C=O) groups is 2. The third-order valence-corrected chi connectivity index (χ3v) is 4.29. The number of hydrogen-bond donors (Lipinski definition) is 0. The Morgan fingerprint density at radius 2 is 1.58 bits per heavy atom. The summed E-state index contributed by atoms with van der Waals surface area (Å²) in [6.07, 6.45) is 3.66. The molecular weight excluding hydrogens is 330 g/mol. The molecule has 1 aliphatic heterocycles. The van der Waals surface area contributed by atoms with Gasteiger partial charge in [-0.3, -0.25) is 19.2 Å². The predicted octanol–water partition coefficient (Wildman–Crippen LogP) is 2.61. The lowest BCUT2D eigenvalue weighted by atomic mass is 10.1. The number of carbonyl (C=O) groups excluding carboxylic acids is 2. The molecule has 0 fully saturated rings. The van der Waals surface area contributed by atoms with Crippen LogP contribution in [-0.2, 0) is 6.54 Å². The molecule has 0 atom stereocenters. The van der Waals surface area contributed by atoms with Crippen molar-refractivity contribution in [3.63, 3.8) is 0 Å². The normalized spacial score (nSPS) is 13.2. The molecule has 6 heteroatoms. The maximum absolute atomic E-state index is 12.3. The van der Waals surface area contributed by atoms with Gasteiger partial charge in [-0.1, -0.05) is 24.3 Å². The zero-order valence-electron chi connectivity index (χ0n) is 14.0. The smallest absolute Gasteiger partial charge is 0.261 e. The van der Waals surface area contributed by atoms with E-state index in [1.54, 1.807) is 30.5 Å². The Hall–Kier alpha value is -3.41. The fourth-order valence-corrected chi connectivity index (χ4v) is 2.97. The van der Waals surface area contributed by atoms with Crippen molar-refractivity contribution in [1.82, 2.24) is 14.7 Å². The van der Waals surface area contributed by atoms with Crippen molar-refractivity contribution < 1.29 is 14.3 Å². The van der Waals surface area contributed by atoms with Crippen molar-refractivity contribution in [3.8, 4) is 5.75 Å². The molecule has 0 saturated heterocycles. The van der Waals surface area contributed by atoms with Crippen LogP contribution in [0.5, 0.6) is 5.75 Å². The SMILES string of the molecule is O=C1c2ccccc2C(=O)N1CCOc1ccc(Cn2cccn2)cc1. The fourth-order valence-electron chi connectivity index (χ4n) is 2.97. The Morgan fingerprint density at radius 3 is 2.19 bits per heavy atom. The quantitative estimate of drug-likeness (QED) is 0.643. The van der Waals surface area contributed by atoms with Gasteiger partial charge in [-0.05, 0) is 35.9 Å². The van der Waals surface area contributed by atoms with Crippen LogP contribution in [0.3, 0.4) is 0 Å². The van der Waals surface area contributed by atoms with Crippen LogP contribution < -0.4 is 4.74 Å². The largest absolute Gasteiger partial charge is 0.492 e. The molecular formula is C20H17N3O3. The lowest BCUT2D eigenvalue weighted by Crippen LogP contribution is -2.33. The van der Waals surface area contributed by atoms with Crippen LogP contribution in [0.15, 0.2) is 67.0 Å². The van der Waals surface area contributed by atoms with Gasteiger partial charge in [-0.15, -0.1) is 0 Å². The van der Waals surface area contributed by atoms with E-state index in [0.717, 1.165) is 5.56 Å². The Balaban J connectivity index is 1.32. The zero-order valence-corrected chi connectivity index (χ0v) is 14.0. The molecule has 4 rings (SSSR count). The van der Waals surface area contributed by atoms with E-state index in [0.29, 0.717) is 23.4 Å². The average molecular weight is 347 g/mol. The maximum Gasteiger partial charge on any atom is 0.261 e. The van der Waals surface area contributed by atoms with Gasteiger partial charge in [0, 0.05) is 12.4 Å². The second-order valence-corrected chi connectivity index (χ2v) is 6.00. The number of benzene rings is 2. The summed E-state index contributed by atoms with van der Waals surface area (Å²) in [6, 6.07) is 16.4. The third-order valence-electron chi connectivity index (χ3n) is 4.29. The van der Waals surface area contributed by atoms with Crippen molar-refractivity contribution in [3.05, 3.63) is 83.7 Å². The van der Waals surface area contributed by atoms with E-state index >= 15 is 0 Å². The summed E-state index contributed by atoms with van der Waals surface area (Å²) in [4.78, 5) is 25.8. The van der Waals surface area contributed by atoms with Gasteiger partial charge < -0.3 is 4.74 Å². The second-order valence-electron chi connectivity index (χ2n) is 6.00. The number of imide groups is 1. The summed E-state index contributed by atoms with van der Waals surface area (Å²) < 4.78 is 7.53. The van der Waals surface area contributed by atoms with Crippen molar-refractivity contribution in [1.29, 1.82) is 0 Å². The van der Waals surface area contributed by atoms with Gasteiger partial charge in [0.05, 0.1) is 24.2 Å². The van der Waals surface area contributed by atoms with E-state index in [1.807, 2.05) is 41.2 Å². The van der Waals surface area contributed by atoms with Crippen LogP contribution in [0.2, 0.25) is 0 Å². The number of ether oxygens (including phenoxy) is 1. The van der Waals surface area contributed by atoms with Gasteiger partial charge in [0.2, 0.25) is 0 Å². The summed E-state index contributed by atoms with van der Waals surface area (Å²) in [5.41, 5.74) is 2.03. The summed E-state index contributed by atoms with van der Waals surface area (Å²) in [5, 5.41) is 4.18. The third kappa shape index (κ3) is 3.09. The first-order valence-electron chi connectivity index (χ1n) is 8.37. The van der Waals surface area contributed by atoms with E-state index in [-0.39, 0.29) is 25.0 Å². The van der Waals surface area contributed by atoms with Crippen LogP contribution in [0, 0.1) is 0 Å². The molecule has 0 radical (unpaired) electrons. The van der Waals surface area contributed by atoms with Gasteiger partial charge in [-0.2, -0.15) is 5.10 Å². The van der Waals surface area contributed by atoms with Crippen LogP contribution >= 0.6 is 0 Å². The second kappa shape index (κ2) is 6.84. The van der Waals surface area contributed by atoms with E-state index in [4.69, 9.17) is 4.74 Å². The van der Waals surface area contributed by atoms with Crippen LogP contribution in [0.4, 0.5) is 0 Å². The monoisotopic (exact) mass is 347 g/mol. The molecule has 1 aromatic heterocycles. The predicted molar refractivity (Wildman–Crippen MR) is 95.1 cm³/mol. The minimum Gasteiger partial charge on any atom is -0.492 e. The fraction of sp³-hybridized carbons (Fsp3) is 0.150. The molecule has 2 amide bonds. The number of hydrogen-bond acceptors (Lipinski definition) is 4. The molecule has 0 N–H and O–H groups in total. The molecule has 3 aromatic rings. The molecule has 0 unspecified atom stereocenters. The molecule has 2 aromatic carbocycles. The van der Waals surface area contributed by atoms with Crippen molar-refractivity contribution >= 4 is 11.8 Å². The number of amides is 2. The molecule has 6 nitrogen and oxygen atoms in total. The molecule has 1 aliphatic rings. The number of fused-ring (bicyclic) bond motifs is 1. The Morgan fingerprint density at radius 1 is 0.885 bits per heavy atom. The number of aromatic nitrogens is 2. The lowest BCUT2D eigenvalue weighted by molar-refractivity contribution is 0.0631. The summed E-state index contributed by atoms with van der Waals surface area (Å²) >= 11 is 0. The highest BCUT2D eigenvalue weighted by Gasteiger charge is 2.34. The average Bonchev–Trinajstić information content (AvgIpc) is 3.26. The topological polar surface area (TPSA) is 64.4 Å². The summed E-state index contributed by atoms with van der Waals surface area (Å²) in [7, 11) is 0. The molecule has 2 heterocycles. The van der Waals surface area contributed by atoms with E-state index in [1.165, 1.54) is 4.90 Å². The highest BCUT2D eigenvalue weighted by atomic mass is 16.5. The highest BCUT2D eigenvalue weighted by Crippen LogP contribution is 2.22. The van der Waals surface area contributed by atoms with Gasteiger partial charge in [-0.25, -0.2) is 0 Å². The first kappa shape index (κ1) is 16.1. The Labute approximate surface area is 150 Å². The van der Waals surface area contributed by atoms with Gasteiger partial charge in [0.15, 0.2) is 0 Å². The standard InChI is InChI=1S/C20H17N3O3/c24-19-17-4-1-2-5-18(17)20(25)23(19)12-13-26-16-8-6-15(7-9-16)14-22-11-3-10-21-22/h1-11H,12-14H2. The summed E-state index contributed by atoms with van der Waals surface area (Å²) in [6.45, 7) is 1.17. The highest BCUT2D eigenvalue weighted by molar-refractivity contribution is 6.21. The van der Waals surface area contributed by atoms with E-state index in [2.05, 4.69) is 5.10 Å². The van der Waals surface area contributed by atoms with Crippen LogP contribution in [0.1, 0.15) is 26.3 Å². The Bertz CT molecular complexity index is 898. The van der Waals surface area contributed by atoms with Crippen molar-refractivity contribution in [2.75, 3.05) is 13.2 Å². The van der Waals surface area contributed by atoms with Crippen molar-refractivity contribution in [2.24, 2.45) is 0 Å².